The third kappa shape index (κ3) is 6.88. The summed E-state index contributed by atoms with van der Waals surface area (Å²) in [5.41, 5.74) is 1.36. The van der Waals surface area contributed by atoms with Gasteiger partial charge in [0.05, 0.1) is 18.3 Å². The molecule has 0 spiro atoms. The zero-order chi connectivity index (χ0) is 19.9. The molecule has 0 saturated carbocycles. The van der Waals surface area contributed by atoms with E-state index in [1.807, 2.05) is 17.7 Å². The molecule has 7 nitrogen and oxygen atoms in total. The predicted molar refractivity (Wildman–Crippen MR) is 107 cm³/mol. The Balaban J connectivity index is 1.81. The molecule has 1 aromatic heterocycles. The number of benzene rings is 1. The first kappa shape index (κ1) is 21.2. The van der Waals surface area contributed by atoms with Crippen LogP contribution in [0, 0.1) is 6.92 Å². The Morgan fingerprint density at radius 1 is 1.33 bits per heavy atom. The van der Waals surface area contributed by atoms with E-state index in [-0.39, 0.29) is 18.9 Å². The number of carbonyl (C=O) groups excluding carboxylic acids is 1. The van der Waals surface area contributed by atoms with E-state index in [9.17, 15) is 13.2 Å². The van der Waals surface area contributed by atoms with Crippen LogP contribution in [0.25, 0.3) is 0 Å². The number of nitrogens with one attached hydrogen (secondary N) is 1. The van der Waals surface area contributed by atoms with Gasteiger partial charge < -0.3 is 9.88 Å². The van der Waals surface area contributed by atoms with Crippen LogP contribution in [0.1, 0.15) is 24.8 Å². The van der Waals surface area contributed by atoms with Gasteiger partial charge in [-0.3, -0.25) is 9.10 Å². The third-order valence-corrected chi connectivity index (χ3v) is 5.49. The minimum absolute atomic E-state index is 0.0862. The molecule has 1 amide bonds. The van der Waals surface area contributed by atoms with Gasteiger partial charge in [0.25, 0.3) is 0 Å². The van der Waals surface area contributed by atoms with E-state index in [0.717, 1.165) is 24.8 Å². The Labute approximate surface area is 165 Å². The molecule has 27 heavy (non-hydrogen) atoms. The van der Waals surface area contributed by atoms with Gasteiger partial charge in [0.2, 0.25) is 15.9 Å². The molecule has 148 valence electrons. The van der Waals surface area contributed by atoms with Crippen molar-refractivity contribution in [1.82, 2.24) is 14.9 Å². The van der Waals surface area contributed by atoms with Crippen molar-refractivity contribution in [1.29, 1.82) is 0 Å². The number of sulfonamides is 1. The van der Waals surface area contributed by atoms with Gasteiger partial charge in [-0.2, -0.15) is 0 Å². The Kier molecular flexibility index (Phi) is 7.67. The van der Waals surface area contributed by atoms with Crippen LogP contribution >= 0.6 is 11.6 Å². The van der Waals surface area contributed by atoms with Gasteiger partial charge in [-0.25, -0.2) is 13.4 Å². The number of anilines is 1. The van der Waals surface area contributed by atoms with Crippen molar-refractivity contribution in [3.05, 3.63) is 47.5 Å². The van der Waals surface area contributed by atoms with Crippen molar-refractivity contribution in [2.45, 2.75) is 32.7 Å². The molecule has 0 atom stereocenters. The fourth-order valence-electron chi connectivity index (χ4n) is 2.70. The van der Waals surface area contributed by atoms with Gasteiger partial charge >= 0.3 is 0 Å². The normalized spacial score (nSPS) is 11.4. The molecule has 1 aromatic carbocycles. The average molecular weight is 413 g/mol. The highest BCUT2D eigenvalue weighted by atomic mass is 35.5. The lowest BCUT2D eigenvalue weighted by molar-refractivity contribution is -0.121. The summed E-state index contributed by atoms with van der Waals surface area (Å²) in [4.78, 5) is 15.9. The first-order valence-electron chi connectivity index (χ1n) is 8.73. The monoisotopic (exact) mass is 412 g/mol. The van der Waals surface area contributed by atoms with Crippen molar-refractivity contribution in [3.63, 3.8) is 0 Å². The molecule has 0 radical (unpaired) electrons. The highest BCUT2D eigenvalue weighted by Crippen LogP contribution is 2.26. The van der Waals surface area contributed by atoms with Gasteiger partial charge in [-0.1, -0.05) is 17.7 Å². The number of nitrogens with zero attached hydrogens (tertiary/aromatic N) is 3. The van der Waals surface area contributed by atoms with E-state index < -0.39 is 10.0 Å². The van der Waals surface area contributed by atoms with E-state index in [0.29, 0.717) is 23.7 Å². The smallest absolute Gasteiger partial charge is 0.232 e. The van der Waals surface area contributed by atoms with Gasteiger partial charge in [-0.15, -0.1) is 0 Å². The fourth-order valence-corrected chi connectivity index (χ4v) is 3.88. The second-order valence-electron chi connectivity index (χ2n) is 6.37. The quantitative estimate of drug-likeness (QED) is 0.608. The summed E-state index contributed by atoms with van der Waals surface area (Å²) >= 11 is 6.01. The lowest BCUT2D eigenvalue weighted by atomic mass is 10.2. The number of halogens is 1. The van der Waals surface area contributed by atoms with Gasteiger partial charge in [0.15, 0.2) is 0 Å². The van der Waals surface area contributed by atoms with Crippen LogP contribution in [0.15, 0.2) is 36.9 Å². The summed E-state index contributed by atoms with van der Waals surface area (Å²) in [6.45, 7) is 3.41. The van der Waals surface area contributed by atoms with Crippen LogP contribution < -0.4 is 9.62 Å². The third-order valence-electron chi connectivity index (χ3n) is 4.08. The molecular formula is C18H25ClN4O3S. The van der Waals surface area contributed by atoms with E-state index >= 15 is 0 Å². The first-order chi connectivity index (χ1) is 12.8. The summed E-state index contributed by atoms with van der Waals surface area (Å²) in [6.07, 6.45) is 7.97. The lowest BCUT2D eigenvalue weighted by Crippen LogP contribution is -2.32. The maximum atomic E-state index is 12.2. The van der Waals surface area contributed by atoms with Crippen molar-refractivity contribution in [2.75, 3.05) is 23.7 Å². The largest absolute Gasteiger partial charge is 0.356 e. The number of hydrogen-bond acceptors (Lipinski definition) is 4. The molecule has 1 N–H and O–H groups in total. The molecular weight excluding hydrogens is 388 g/mol. The molecule has 0 saturated heterocycles. The fraction of sp³-hybridized carbons (Fsp3) is 0.444. The standard InChI is InChI=1S/C18H25ClN4O3S/c1-15-6-7-16(19)13-17(15)23(27(2,25)26)11-3-5-18(24)21-8-4-10-22-12-9-20-14-22/h6-7,9,12-14H,3-5,8,10-11H2,1-2H3,(H,21,24). The Morgan fingerprint density at radius 3 is 2.78 bits per heavy atom. The summed E-state index contributed by atoms with van der Waals surface area (Å²) in [5, 5.41) is 3.33. The van der Waals surface area contributed by atoms with E-state index in [4.69, 9.17) is 11.6 Å². The molecule has 2 rings (SSSR count). The van der Waals surface area contributed by atoms with Gasteiger partial charge in [-0.05, 0) is 37.5 Å². The highest BCUT2D eigenvalue weighted by molar-refractivity contribution is 7.92. The van der Waals surface area contributed by atoms with Gasteiger partial charge in [0.1, 0.15) is 0 Å². The molecule has 0 aliphatic carbocycles. The number of aryl methyl sites for hydroxylation is 2. The maximum absolute atomic E-state index is 12.2. The van der Waals surface area contributed by atoms with Crippen molar-refractivity contribution < 1.29 is 13.2 Å². The van der Waals surface area contributed by atoms with Crippen molar-refractivity contribution >= 4 is 33.2 Å². The highest BCUT2D eigenvalue weighted by Gasteiger charge is 2.19. The van der Waals surface area contributed by atoms with E-state index in [2.05, 4.69) is 10.3 Å². The zero-order valence-electron chi connectivity index (χ0n) is 15.6. The number of hydrogen-bond donors (Lipinski definition) is 1. The maximum Gasteiger partial charge on any atom is 0.232 e. The molecule has 1 heterocycles. The number of imidazole rings is 1. The number of aromatic nitrogens is 2. The van der Waals surface area contributed by atoms with Crippen LogP contribution in [0.5, 0.6) is 0 Å². The van der Waals surface area contributed by atoms with Crippen molar-refractivity contribution in [3.8, 4) is 0 Å². The van der Waals surface area contributed by atoms with Crippen LogP contribution in [0.4, 0.5) is 5.69 Å². The molecule has 0 fully saturated rings. The molecule has 0 bridgehead atoms. The van der Waals surface area contributed by atoms with Gasteiger partial charge in [0, 0.05) is 43.5 Å². The first-order valence-corrected chi connectivity index (χ1v) is 11.0. The molecule has 0 aliphatic heterocycles. The lowest BCUT2D eigenvalue weighted by Gasteiger charge is -2.24. The topological polar surface area (TPSA) is 84.3 Å². The van der Waals surface area contributed by atoms with Crippen LogP contribution in [-0.4, -0.2) is 43.2 Å². The van der Waals surface area contributed by atoms with Crippen LogP contribution in [-0.2, 0) is 21.4 Å². The predicted octanol–water partition coefficient (Wildman–Crippen LogP) is 2.60. The van der Waals surface area contributed by atoms with Crippen LogP contribution in [0.3, 0.4) is 0 Å². The van der Waals surface area contributed by atoms with Crippen LogP contribution in [0.2, 0.25) is 5.02 Å². The van der Waals surface area contributed by atoms with E-state index in [1.165, 1.54) is 4.31 Å². The second kappa shape index (κ2) is 9.75. The Morgan fingerprint density at radius 2 is 2.11 bits per heavy atom. The Bertz CT molecular complexity index is 853. The van der Waals surface area contributed by atoms with E-state index in [1.54, 1.807) is 30.7 Å². The number of amides is 1. The molecule has 0 aliphatic rings. The minimum atomic E-state index is -3.47. The zero-order valence-corrected chi connectivity index (χ0v) is 17.1. The average Bonchev–Trinajstić information content (AvgIpc) is 3.10. The Hall–Kier alpha value is -2.06. The summed E-state index contributed by atoms with van der Waals surface area (Å²) in [7, 11) is -3.47. The molecule has 0 unspecified atom stereocenters. The number of carbonyl (C=O) groups is 1. The van der Waals surface area contributed by atoms with Crippen molar-refractivity contribution in [2.24, 2.45) is 0 Å². The summed E-state index contributed by atoms with van der Waals surface area (Å²) < 4.78 is 27.6. The summed E-state index contributed by atoms with van der Waals surface area (Å²) in [6, 6.07) is 5.13. The summed E-state index contributed by atoms with van der Waals surface area (Å²) in [5.74, 6) is -0.0862. The SMILES string of the molecule is Cc1ccc(Cl)cc1N(CCCC(=O)NCCCn1ccnc1)S(C)(=O)=O. The molecule has 2 aromatic rings. The second-order valence-corrected chi connectivity index (χ2v) is 8.72. The number of rotatable bonds is 10. The molecule has 9 heteroatoms. The minimum Gasteiger partial charge on any atom is -0.356 e.